The molecule has 2 saturated heterocycles. The molecule has 2 heterocycles. The Morgan fingerprint density at radius 3 is 2.46 bits per heavy atom. The lowest BCUT2D eigenvalue weighted by molar-refractivity contribution is -0.148. The van der Waals surface area contributed by atoms with Crippen LogP contribution < -0.4 is 4.74 Å². The Morgan fingerprint density at radius 2 is 1.92 bits per heavy atom. The SMILES string of the molecule is CCOc1ccc(CN2C[C@@H]3CN(S(=O)(=O)CC)C[C@]3(C(=O)O)C2)cc1. The monoisotopic (exact) mass is 382 g/mol. The minimum Gasteiger partial charge on any atom is -0.494 e. The number of rotatable bonds is 7. The molecule has 0 bridgehead atoms. The fourth-order valence-corrected chi connectivity index (χ4v) is 5.26. The first-order valence-corrected chi connectivity index (χ1v) is 10.6. The average molecular weight is 382 g/mol. The van der Waals surface area contributed by atoms with Gasteiger partial charge in [-0.2, -0.15) is 0 Å². The molecule has 7 nitrogen and oxygen atoms in total. The number of hydrogen-bond acceptors (Lipinski definition) is 5. The molecule has 1 N–H and O–H groups in total. The molecule has 0 saturated carbocycles. The van der Waals surface area contributed by atoms with Gasteiger partial charge in [0.2, 0.25) is 10.0 Å². The van der Waals surface area contributed by atoms with Crippen molar-refractivity contribution in [2.45, 2.75) is 20.4 Å². The van der Waals surface area contributed by atoms with E-state index in [1.807, 2.05) is 31.2 Å². The van der Waals surface area contributed by atoms with Crippen molar-refractivity contribution in [2.75, 3.05) is 38.5 Å². The fraction of sp³-hybridized carbons (Fsp3) is 0.611. The number of sulfonamides is 1. The van der Waals surface area contributed by atoms with Gasteiger partial charge in [-0.25, -0.2) is 12.7 Å². The summed E-state index contributed by atoms with van der Waals surface area (Å²) in [5, 5.41) is 9.85. The molecule has 0 unspecified atom stereocenters. The zero-order valence-electron chi connectivity index (χ0n) is 15.2. The Balaban J connectivity index is 1.71. The van der Waals surface area contributed by atoms with Crippen LogP contribution in [-0.2, 0) is 21.4 Å². The highest BCUT2D eigenvalue weighted by Gasteiger charge is 2.59. The molecule has 2 aliphatic heterocycles. The number of carboxylic acid groups (broad SMARTS) is 1. The summed E-state index contributed by atoms with van der Waals surface area (Å²) < 4.78 is 31.1. The Bertz CT molecular complexity index is 764. The van der Waals surface area contributed by atoms with E-state index in [0.29, 0.717) is 32.8 Å². The van der Waals surface area contributed by atoms with E-state index in [1.54, 1.807) is 6.92 Å². The van der Waals surface area contributed by atoms with Crippen LogP contribution in [0.5, 0.6) is 5.75 Å². The van der Waals surface area contributed by atoms with Crippen LogP contribution >= 0.6 is 0 Å². The number of fused-ring (bicyclic) bond motifs is 1. The van der Waals surface area contributed by atoms with Gasteiger partial charge in [0, 0.05) is 38.6 Å². The fourth-order valence-electron chi connectivity index (χ4n) is 4.06. The summed E-state index contributed by atoms with van der Waals surface area (Å²) in [6.07, 6.45) is 0. The number of benzene rings is 1. The average Bonchev–Trinajstić information content (AvgIpc) is 3.12. The Labute approximate surface area is 154 Å². The van der Waals surface area contributed by atoms with Gasteiger partial charge in [0.25, 0.3) is 0 Å². The summed E-state index contributed by atoms with van der Waals surface area (Å²) >= 11 is 0. The molecule has 0 radical (unpaired) electrons. The molecule has 26 heavy (non-hydrogen) atoms. The summed E-state index contributed by atoms with van der Waals surface area (Å²) in [7, 11) is -3.36. The van der Waals surface area contributed by atoms with Crippen LogP contribution in [-0.4, -0.2) is 67.2 Å². The third-order valence-corrected chi connectivity index (χ3v) is 7.27. The van der Waals surface area contributed by atoms with Crippen LogP contribution in [0.3, 0.4) is 0 Å². The van der Waals surface area contributed by atoms with Gasteiger partial charge in [0.15, 0.2) is 0 Å². The minimum atomic E-state index is -3.36. The lowest BCUT2D eigenvalue weighted by Crippen LogP contribution is -2.42. The molecule has 1 aromatic carbocycles. The number of aliphatic carboxylic acids is 1. The van der Waals surface area contributed by atoms with Crippen molar-refractivity contribution < 1.29 is 23.1 Å². The summed E-state index contributed by atoms with van der Waals surface area (Å²) in [6, 6.07) is 7.80. The van der Waals surface area contributed by atoms with Gasteiger partial charge in [-0.15, -0.1) is 0 Å². The number of carbonyl (C=O) groups is 1. The van der Waals surface area contributed by atoms with E-state index in [-0.39, 0.29) is 18.2 Å². The third-order valence-electron chi connectivity index (χ3n) is 5.47. The van der Waals surface area contributed by atoms with E-state index in [0.717, 1.165) is 11.3 Å². The number of hydrogen-bond donors (Lipinski definition) is 1. The number of nitrogens with zero attached hydrogens (tertiary/aromatic N) is 2. The van der Waals surface area contributed by atoms with E-state index < -0.39 is 21.4 Å². The van der Waals surface area contributed by atoms with Crippen molar-refractivity contribution in [3.8, 4) is 5.75 Å². The first-order chi connectivity index (χ1) is 12.3. The molecule has 0 amide bonds. The highest BCUT2D eigenvalue weighted by atomic mass is 32.2. The van der Waals surface area contributed by atoms with E-state index in [4.69, 9.17) is 4.74 Å². The number of likely N-dealkylation sites (tertiary alicyclic amines) is 1. The second-order valence-electron chi connectivity index (χ2n) is 7.10. The minimum absolute atomic E-state index is 0.00527. The molecule has 8 heteroatoms. The normalized spacial score (nSPS) is 26.8. The van der Waals surface area contributed by atoms with Crippen LogP contribution in [0.25, 0.3) is 0 Å². The van der Waals surface area contributed by atoms with Crippen molar-refractivity contribution in [3.05, 3.63) is 29.8 Å². The summed E-state index contributed by atoms with van der Waals surface area (Å²) in [6.45, 7) is 6.12. The van der Waals surface area contributed by atoms with Crippen LogP contribution in [0.4, 0.5) is 0 Å². The van der Waals surface area contributed by atoms with Crippen LogP contribution in [0.2, 0.25) is 0 Å². The van der Waals surface area contributed by atoms with Crippen molar-refractivity contribution >= 4 is 16.0 Å². The van der Waals surface area contributed by atoms with Crippen LogP contribution in [0.1, 0.15) is 19.4 Å². The molecule has 2 atom stereocenters. The Morgan fingerprint density at radius 1 is 1.23 bits per heavy atom. The molecular formula is C18H26N2O5S. The Hall–Kier alpha value is -1.64. The van der Waals surface area contributed by atoms with E-state index in [1.165, 1.54) is 4.31 Å². The maximum Gasteiger partial charge on any atom is 0.312 e. The zero-order valence-corrected chi connectivity index (χ0v) is 16.0. The molecule has 0 aliphatic carbocycles. The largest absolute Gasteiger partial charge is 0.494 e. The summed E-state index contributed by atoms with van der Waals surface area (Å²) in [5.74, 6) is -0.253. The molecule has 144 valence electrons. The second-order valence-corrected chi connectivity index (χ2v) is 9.36. The van der Waals surface area contributed by atoms with Gasteiger partial charge >= 0.3 is 5.97 Å². The smallest absolute Gasteiger partial charge is 0.312 e. The van der Waals surface area contributed by atoms with Gasteiger partial charge in [-0.1, -0.05) is 12.1 Å². The van der Waals surface area contributed by atoms with Gasteiger partial charge in [-0.05, 0) is 31.5 Å². The molecule has 3 rings (SSSR count). The maximum absolute atomic E-state index is 12.2. The molecule has 0 aromatic heterocycles. The highest BCUT2D eigenvalue weighted by Crippen LogP contribution is 2.44. The standard InChI is InChI=1S/C18H26N2O5S/c1-3-25-16-7-5-14(6-8-16)9-19-10-15-11-20(26(23,24)4-2)13-18(15,12-19)17(21)22/h5-8,15H,3-4,9-13H2,1-2H3,(H,21,22)/t15-,18-/m1/s1. The highest BCUT2D eigenvalue weighted by molar-refractivity contribution is 7.89. The van der Waals surface area contributed by atoms with Gasteiger partial charge < -0.3 is 9.84 Å². The first kappa shape index (κ1) is 19.1. The van der Waals surface area contributed by atoms with Gasteiger partial charge in [-0.3, -0.25) is 9.69 Å². The second kappa shape index (κ2) is 7.17. The summed E-state index contributed by atoms with van der Waals surface area (Å²) in [5.41, 5.74) is 0.0834. The number of carboxylic acids is 1. The predicted octanol–water partition coefficient (Wildman–Crippen LogP) is 1.25. The van der Waals surface area contributed by atoms with Crippen LogP contribution in [0.15, 0.2) is 24.3 Å². The van der Waals surface area contributed by atoms with Gasteiger partial charge in [0.05, 0.1) is 17.8 Å². The third kappa shape index (κ3) is 3.45. The van der Waals surface area contributed by atoms with Crippen molar-refractivity contribution in [3.63, 3.8) is 0 Å². The van der Waals surface area contributed by atoms with Crippen LogP contribution in [0, 0.1) is 11.3 Å². The molecule has 1 aromatic rings. The Kier molecular flexibility index (Phi) is 5.28. The number of ether oxygens (including phenoxy) is 1. The maximum atomic E-state index is 12.2. The van der Waals surface area contributed by atoms with Gasteiger partial charge in [0.1, 0.15) is 5.75 Å². The van der Waals surface area contributed by atoms with Crippen molar-refractivity contribution in [1.29, 1.82) is 0 Å². The quantitative estimate of drug-likeness (QED) is 0.764. The first-order valence-electron chi connectivity index (χ1n) is 8.96. The molecular weight excluding hydrogens is 356 g/mol. The van der Waals surface area contributed by atoms with E-state index in [9.17, 15) is 18.3 Å². The zero-order chi connectivity index (χ0) is 18.9. The van der Waals surface area contributed by atoms with Crippen molar-refractivity contribution in [2.24, 2.45) is 11.3 Å². The molecule has 2 aliphatic rings. The lowest BCUT2D eigenvalue weighted by Gasteiger charge is -2.25. The molecule has 2 fully saturated rings. The molecule has 0 spiro atoms. The van der Waals surface area contributed by atoms with Crippen molar-refractivity contribution in [1.82, 2.24) is 9.21 Å². The van der Waals surface area contributed by atoms with E-state index >= 15 is 0 Å². The van der Waals surface area contributed by atoms with E-state index in [2.05, 4.69) is 4.90 Å². The predicted molar refractivity (Wildman–Crippen MR) is 97.5 cm³/mol. The lowest BCUT2D eigenvalue weighted by atomic mass is 9.81. The summed E-state index contributed by atoms with van der Waals surface area (Å²) in [4.78, 5) is 14.1. The topological polar surface area (TPSA) is 87.2 Å².